The molecule has 1 aromatic rings. The number of carbonyl (C=O) groups excluding carboxylic acids is 2. The zero-order chi connectivity index (χ0) is 16.2. The van der Waals surface area contributed by atoms with Gasteiger partial charge < -0.3 is 10.2 Å². The summed E-state index contributed by atoms with van der Waals surface area (Å²) >= 11 is 0. The van der Waals surface area contributed by atoms with E-state index in [1.54, 1.807) is 6.20 Å². The van der Waals surface area contributed by atoms with E-state index in [0.29, 0.717) is 18.4 Å². The molecule has 1 aliphatic carbocycles. The van der Waals surface area contributed by atoms with Crippen LogP contribution in [0.1, 0.15) is 57.1 Å². The molecule has 1 saturated heterocycles. The Hall–Kier alpha value is -1.85. The summed E-state index contributed by atoms with van der Waals surface area (Å²) in [6.07, 6.45) is 8.21. The maximum Gasteiger partial charge on any atom is 0.245 e. The fourth-order valence-electron chi connectivity index (χ4n) is 4.01. The van der Waals surface area contributed by atoms with Gasteiger partial charge in [0.2, 0.25) is 11.8 Å². The van der Waals surface area contributed by atoms with E-state index >= 15 is 0 Å². The third-order valence-corrected chi connectivity index (χ3v) is 5.19. The van der Waals surface area contributed by atoms with Crippen LogP contribution in [0.4, 0.5) is 0 Å². The first-order valence-electron chi connectivity index (χ1n) is 8.70. The van der Waals surface area contributed by atoms with Gasteiger partial charge in [-0.2, -0.15) is 5.10 Å². The van der Waals surface area contributed by atoms with Gasteiger partial charge in [-0.25, -0.2) is 0 Å². The van der Waals surface area contributed by atoms with Crippen molar-refractivity contribution in [3.8, 4) is 0 Å². The molecule has 6 nitrogen and oxygen atoms in total. The van der Waals surface area contributed by atoms with Gasteiger partial charge in [-0.15, -0.1) is 0 Å². The van der Waals surface area contributed by atoms with Crippen molar-refractivity contribution in [2.75, 3.05) is 13.1 Å². The second kappa shape index (κ2) is 7.15. The quantitative estimate of drug-likeness (QED) is 0.889. The van der Waals surface area contributed by atoms with Gasteiger partial charge >= 0.3 is 0 Å². The van der Waals surface area contributed by atoms with Crippen molar-refractivity contribution >= 4 is 11.8 Å². The van der Waals surface area contributed by atoms with E-state index in [-0.39, 0.29) is 17.9 Å². The molecule has 2 heterocycles. The molecular formula is C17H26N4O2. The highest BCUT2D eigenvalue weighted by molar-refractivity contribution is 5.87. The van der Waals surface area contributed by atoms with Crippen LogP contribution in [0.5, 0.6) is 0 Å². The number of nitrogens with zero attached hydrogens (tertiary/aromatic N) is 2. The average Bonchev–Trinajstić information content (AvgIpc) is 3.25. The highest BCUT2D eigenvalue weighted by atomic mass is 16.2. The summed E-state index contributed by atoms with van der Waals surface area (Å²) in [5, 5.41) is 9.96. The minimum Gasteiger partial charge on any atom is -0.344 e. The fourth-order valence-corrected chi connectivity index (χ4v) is 4.01. The molecule has 0 radical (unpaired) electrons. The summed E-state index contributed by atoms with van der Waals surface area (Å²) in [4.78, 5) is 26.5. The van der Waals surface area contributed by atoms with E-state index in [1.165, 1.54) is 6.92 Å². The Morgan fingerprint density at radius 1 is 1.30 bits per heavy atom. The summed E-state index contributed by atoms with van der Waals surface area (Å²) in [6, 6.07) is 1.64. The molecule has 2 N–H and O–H groups in total. The van der Waals surface area contributed by atoms with Crippen LogP contribution in [0.3, 0.4) is 0 Å². The molecule has 1 aromatic heterocycles. The third-order valence-electron chi connectivity index (χ3n) is 5.19. The molecule has 2 aliphatic rings. The number of rotatable bonds is 4. The molecule has 2 amide bonds. The van der Waals surface area contributed by atoms with E-state index in [1.807, 2.05) is 11.0 Å². The topological polar surface area (TPSA) is 78.1 Å². The van der Waals surface area contributed by atoms with E-state index in [2.05, 4.69) is 15.5 Å². The number of piperidine rings is 1. The summed E-state index contributed by atoms with van der Waals surface area (Å²) in [5.74, 6) is 0.587. The smallest absolute Gasteiger partial charge is 0.245 e. The molecule has 1 aliphatic heterocycles. The maximum atomic E-state index is 13.0. The monoisotopic (exact) mass is 318 g/mol. The first kappa shape index (κ1) is 16.0. The van der Waals surface area contributed by atoms with Gasteiger partial charge in [-0.1, -0.05) is 12.8 Å². The summed E-state index contributed by atoms with van der Waals surface area (Å²) in [6.45, 7) is 2.99. The number of aromatic nitrogens is 2. The zero-order valence-electron chi connectivity index (χ0n) is 13.8. The second-order valence-corrected chi connectivity index (χ2v) is 6.86. The van der Waals surface area contributed by atoms with E-state index in [9.17, 15) is 9.59 Å². The lowest BCUT2D eigenvalue weighted by molar-refractivity contribution is -0.138. The maximum absolute atomic E-state index is 13.0. The number of H-pyrrole nitrogens is 1. The van der Waals surface area contributed by atoms with E-state index in [4.69, 9.17) is 0 Å². The average molecular weight is 318 g/mol. The SMILES string of the molecule is CC(=O)N[C@H](C(=O)N1CCC[C@@H](c2ccn[nH]2)C1)C1CCCC1. The predicted molar refractivity (Wildman–Crippen MR) is 86.7 cm³/mol. The normalized spacial score (nSPS) is 23.7. The molecule has 23 heavy (non-hydrogen) atoms. The van der Waals surface area contributed by atoms with Gasteiger partial charge in [-0.3, -0.25) is 14.7 Å². The summed E-state index contributed by atoms with van der Waals surface area (Å²) < 4.78 is 0. The number of aromatic amines is 1. The van der Waals surface area contributed by atoms with Crippen LogP contribution >= 0.6 is 0 Å². The molecule has 0 spiro atoms. The molecule has 0 bridgehead atoms. The molecule has 1 saturated carbocycles. The molecule has 6 heteroatoms. The number of hydrogen-bond donors (Lipinski definition) is 2. The molecule has 126 valence electrons. The molecular weight excluding hydrogens is 292 g/mol. The first-order chi connectivity index (χ1) is 11.1. The zero-order valence-corrected chi connectivity index (χ0v) is 13.8. The van der Waals surface area contributed by atoms with Crippen molar-refractivity contribution in [2.24, 2.45) is 5.92 Å². The minimum atomic E-state index is -0.351. The number of amides is 2. The fraction of sp³-hybridized carbons (Fsp3) is 0.706. The Labute approximate surface area is 137 Å². The lowest BCUT2D eigenvalue weighted by atomic mass is 9.92. The van der Waals surface area contributed by atoms with Gasteiger partial charge in [0.1, 0.15) is 6.04 Å². The van der Waals surface area contributed by atoms with Gasteiger partial charge in [-0.05, 0) is 37.7 Å². The standard InChI is InChI=1S/C17H26N4O2/c1-12(22)19-16(13-5-2-3-6-13)17(23)21-10-4-7-14(11-21)15-8-9-18-20-15/h8-9,13-14,16H,2-7,10-11H2,1H3,(H,18,20)(H,19,22)/t14-,16+/m1/s1. The number of carbonyl (C=O) groups is 2. The van der Waals surface area contributed by atoms with Crippen LogP contribution in [-0.2, 0) is 9.59 Å². The van der Waals surface area contributed by atoms with Crippen molar-refractivity contribution in [1.82, 2.24) is 20.4 Å². The Kier molecular flexibility index (Phi) is 4.98. The van der Waals surface area contributed by atoms with Gasteiger partial charge in [0.15, 0.2) is 0 Å². The van der Waals surface area contributed by atoms with Crippen molar-refractivity contribution in [1.29, 1.82) is 0 Å². The lowest BCUT2D eigenvalue weighted by Gasteiger charge is -2.36. The highest BCUT2D eigenvalue weighted by Gasteiger charge is 2.36. The van der Waals surface area contributed by atoms with Crippen molar-refractivity contribution in [3.05, 3.63) is 18.0 Å². The third kappa shape index (κ3) is 3.74. The minimum absolute atomic E-state index is 0.0938. The van der Waals surface area contributed by atoms with Crippen LogP contribution in [0.15, 0.2) is 12.3 Å². The van der Waals surface area contributed by atoms with E-state index < -0.39 is 0 Å². The van der Waals surface area contributed by atoms with Crippen LogP contribution in [-0.4, -0.2) is 46.0 Å². The van der Waals surface area contributed by atoms with Crippen molar-refractivity contribution in [3.63, 3.8) is 0 Å². The molecule has 0 unspecified atom stereocenters. The Bertz CT molecular complexity index is 537. The van der Waals surface area contributed by atoms with Crippen LogP contribution < -0.4 is 5.32 Å². The predicted octanol–water partition coefficient (Wildman–Crippen LogP) is 1.81. The first-order valence-corrected chi connectivity index (χ1v) is 8.70. The number of likely N-dealkylation sites (tertiary alicyclic amines) is 1. The highest BCUT2D eigenvalue weighted by Crippen LogP contribution is 2.31. The van der Waals surface area contributed by atoms with Gasteiger partial charge in [0, 0.05) is 37.8 Å². The Morgan fingerprint density at radius 2 is 2.09 bits per heavy atom. The van der Waals surface area contributed by atoms with Crippen LogP contribution in [0, 0.1) is 5.92 Å². The van der Waals surface area contributed by atoms with Gasteiger partial charge in [0.25, 0.3) is 0 Å². The van der Waals surface area contributed by atoms with Crippen molar-refractivity contribution in [2.45, 2.75) is 57.4 Å². The Morgan fingerprint density at radius 3 is 2.74 bits per heavy atom. The van der Waals surface area contributed by atoms with Gasteiger partial charge in [0.05, 0.1) is 0 Å². The van der Waals surface area contributed by atoms with Crippen molar-refractivity contribution < 1.29 is 9.59 Å². The molecule has 2 fully saturated rings. The number of nitrogens with one attached hydrogen (secondary N) is 2. The largest absolute Gasteiger partial charge is 0.344 e. The summed E-state index contributed by atoms with van der Waals surface area (Å²) in [5.41, 5.74) is 1.10. The lowest BCUT2D eigenvalue weighted by Crippen LogP contribution is -2.53. The summed E-state index contributed by atoms with van der Waals surface area (Å²) in [7, 11) is 0. The van der Waals surface area contributed by atoms with Crippen LogP contribution in [0.2, 0.25) is 0 Å². The van der Waals surface area contributed by atoms with E-state index in [0.717, 1.165) is 50.8 Å². The molecule has 2 atom stereocenters. The molecule has 3 rings (SSSR count). The molecule has 0 aromatic carbocycles. The Balaban J connectivity index is 1.69. The second-order valence-electron chi connectivity index (χ2n) is 6.86. The van der Waals surface area contributed by atoms with Crippen LogP contribution in [0.25, 0.3) is 0 Å². The number of hydrogen-bond acceptors (Lipinski definition) is 3.